The molecule has 2 aliphatic heterocycles. The Bertz CT molecular complexity index is 724. The Kier molecular flexibility index (Phi) is 4.56. The van der Waals surface area contributed by atoms with Crippen molar-refractivity contribution in [2.45, 2.75) is 64.1 Å². The maximum absolute atomic E-state index is 14.1. The third kappa shape index (κ3) is 3.67. The second-order valence-electron chi connectivity index (χ2n) is 7.68. The fraction of sp³-hybridized carbons (Fsp3) is 0.526. The van der Waals surface area contributed by atoms with Gasteiger partial charge in [0, 0.05) is 17.7 Å². The maximum atomic E-state index is 14.1. The third-order valence-corrected chi connectivity index (χ3v) is 4.58. The minimum Gasteiger partial charge on any atom is -0.444 e. The number of fused-ring (bicyclic) bond motifs is 2. The first-order chi connectivity index (χ1) is 11.7. The van der Waals surface area contributed by atoms with Gasteiger partial charge in [0.2, 0.25) is 0 Å². The molecule has 1 aromatic carbocycles. The van der Waals surface area contributed by atoms with E-state index in [4.69, 9.17) is 4.74 Å². The predicted molar refractivity (Wildman–Crippen MR) is 88.4 cm³/mol. The molecule has 25 heavy (non-hydrogen) atoms. The lowest BCUT2D eigenvalue weighted by atomic mass is 9.83. The number of hydrogen-bond acceptors (Lipinski definition) is 2. The number of benzene rings is 1. The van der Waals surface area contributed by atoms with E-state index in [0.717, 1.165) is 25.3 Å². The number of amides is 1. The zero-order valence-corrected chi connectivity index (χ0v) is 14.6. The van der Waals surface area contributed by atoms with E-state index in [1.807, 2.05) is 0 Å². The van der Waals surface area contributed by atoms with Crippen LogP contribution in [0, 0.1) is 17.5 Å². The molecule has 0 aromatic heterocycles. The summed E-state index contributed by atoms with van der Waals surface area (Å²) in [6, 6.07) is 1.15. The third-order valence-electron chi connectivity index (χ3n) is 4.58. The SMILES string of the molecule is CC(C)(C)OC(=O)N1C2C=C(c3cc(F)cc(F)c3F)CC1CCC2. The van der Waals surface area contributed by atoms with Gasteiger partial charge in [0.05, 0.1) is 6.04 Å². The molecule has 6 heteroatoms. The minimum atomic E-state index is -1.20. The van der Waals surface area contributed by atoms with Crippen molar-refractivity contribution in [3.05, 3.63) is 41.2 Å². The highest BCUT2D eigenvalue weighted by atomic mass is 19.2. The number of rotatable bonds is 1. The fourth-order valence-electron chi connectivity index (χ4n) is 3.62. The molecule has 0 aliphatic carbocycles. The Hall–Kier alpha value is -1.98. The van der Waals surface area contributed by atoms with Crippen LogP contribution in [0.4, 0.5) is 18.0 Å². The lowest BCUT2D eigenvalue weighted by Gasteiger charge is -2.45. The molecule has 0 spiro atoms. The van der Waals surface area contributed by atoms with Gasteiger partial charge in [0.25, 0.3) is 0 Å². The molecule has 1 saturated heterocycles. The molecule has 0 N–H and O–H groups in total. The number of carbonyl (C=O) groups excluding carboxylic acids is 1. The average Bonchev–Trinajstić information content (AvgIpc) is 2.47. The molecule has 2 bridgehead atoms. The van der Waals surface area contributed by atoms with Crippen LogP contribution in [0.25, 0.3) is 5.57 Å². The van der Waals surface area contributed by atoms with Crippen LogP contribution in [0.1, 0.15) is 52.0 Å². The molecular weight excluding hydrogens is 331 g/mol. The van der Waals surface area contributed by atoms with E-state index in [0.29, 0.717) is 18.1 Å². The number of carbonyl (C=O) groups is 1. The molecular formula is C19H22F3NO2. The second-order valence-corrected chi connectivity index (χ2v) is 7.68. The molecule has 3 rings (SSSR count). The quantitative estimate of drug-likeness (QED) is 0.661. The summed E-state index contributed by atoms with van der Waals surface area (Å²) < 4.78 is 46.7. The van der Waals surface area contributed by atoms with Gasteiger partial charge in [-0.25, -0.2) is 18.0 Å². The van der Waals surface area contributed by atoms with Crippen LogP contribution in [-0.2, 0) is 4.74 Å². The number of halogens is 3. The van der Waals surface area contributed by atoms with Crippen molar-refractivity contribution in [1.29, 1.82) is 0 Å². The second kappa shape index (κ2) is 6.39. The van der Waals surface area contributed by atoms with Crippen molar-refractivity contribution in [3.8, 4) is 0 Å². The van der Waals surface area contributed by atoms with Crippen LogP contribution in [0.15, 0.2) is 18.2 Å². The minimum absolute atomic E-state index is 0.0572. The van der Waals surface area contributed by atoms with Crippen LogP contribution in [0.5, 0.6) is 0 Å². The van der Waals surface area contributed by atoms with E-state index in [1.165, 1.54) is 0 Å². The molecule has 2 heterocycles. The lowest BCUT2D eigenvalue weighted by Crippen LogP contribution is -2.53. The van der Waals surface area contributed by atoms with Crippen molar-refractivity contribution in [1.82, 2.24) is 4.90 Å². The number of piperidine rings is 1. The van der Waals surface area contributed by atoms with Crippen LogP contribution in [0.2, 0.25) is 0 Å². The van der Waals surface area contributed by atoms with E-state index in [-0.39, 0.29) is 17.6 Å². The number of hydrogen-bond donors (Lipinski definition) is 0. The topological polar surface area (TPSA) is 29.5 Å². The molecule has 2 atom stereocenters. The molecule has 0 radical (unpaired) electrons. The van der Waals surface area contributed by atoms with Gasteiger partial charge in [0.1, 0.15) is 11.4 Å². The molecule has 3 nitrogen and oxygen atoms in total. The summed E-state index contributed by atoms with van der Waals surface area (Å²) in [7, 11) is 0. The first kappa shape index (κ1) is 17.8. The van der Waals surface area contributed by atoms with Gasteiger partial charge in [0.15, 0.2) is 11.6 Å². The highest BCUT2D eigenvalue weighted by Crippen LogP contribution is 2.39. The number of nitrogens with zero attached hydrogens (tertiary/aromatic N) is 1. The van der Waals surface area contributed by atoms with Crippen LogP contribution >= 0.6 is 0 Å². The molecule has 136 valence electrons. The van der Waals surface area contributed by atoms with Gasteiger partial charge in [-0.2, -0.15) is 0 Å². The van der Waals surface area contributed by atoms with Crippen molar-refractivity contribution in [2.24, 2.45) is 0 Å². The lowest BCUT2D eigenvalue weighted by molar-refractivity contribution is 0.0000692. The van der Waals surface area contributed by atoms with E-state index in [1.54, 1.807) is 31.7 Å². The number of ether oxygens (including phenoxy) is 1. The molecule has 1 aromatic rings. The van der Waals surface area contributed by atoms with E-state index >= 15 is 0 Å². The van der Waals surface area contributed by atoms with Gasteiger partial charge in [-0.15, -0.1) is 0 Å². The Morgan fingerprint density at radius 2 is 1.92 bits per heavy atom. The Labute approximate surface area is 145 Å². The largest absolute Gasteiger partial charge is 0.444 e. The summed E-state index contributed by atoms with van der Waals surface area (Å²) in [5, 5.41) is 0. The van der Waals surface area contributed by atoms with Gasteiger partial charge in [-0.3, -0.25) is 4.90 Å². The fourth-order valence-corrected chi connectivity index (χ4v) is 3.62. The van der Waals surface area contributed by atoms with Crippen molar-refractivity contribution in [2.75, 3.05) is 0 Å². The van der Waals surface area contributed by atoms with Gasteiger partial charge in [-0.05, 0) is 58.1 Å². The Balaban J connectivity index is 1.93. The zero-order valence-electron chi connectivity index (χ0n) is 14.6. The Morgan fingerprint density at radius 1 is 1.20 bits per heavy atom. The molecule has 2 unspecified atom stereocenters. The van der Waals surface area contributed by atoms with E-state index in [9.17, 15) is 18.0 Å². The molecule has 1 amide bonds. The molecule has 0 saturated carbocycles. The first-order valence-electron chi connectivity index (χ1n) is 8.52. The summed E-state index contributed by atoms with van der Waals surface area (Å²) in [5.41, 5.74) is -0.115. The summed E-state index contributed by atoms with van der Waals surface area (Å²) >= 11 is 0. The standard InChI is InChI=1S/C19H22F3NO2/c1-19(2,3)25-18(24)23-13-5-4-6-14(23)8-11(7-13)15-9-12(20)10-16(21)17(15)22/h7,9-10,13-14H,4-6,8H2,1-3H3. The monoisotopic (exact) mass is 353 g/mol. The Morgan fingerprint density at radius 3 is 2.56 bits per heavy atom. The van der Waals surface area contributed by atoms with Gasteiger partial charge < -0.3 is 4.74 Å². The average molecular weight is 353 g/mol. The normalized spacial score (nSPS) is 23.3. The smallest absolute Gasteiger partial charge is 0.411 e. The molecule has 1 fully saturated rings. The highest BCUT2D eigenvalue weighted by Gasteiger charge is 2.39. The maximum Gasteiger partial charge on any atom is 0.411 e. The van der Waals surface area contributed by atoms with Crippen LogP contribution in [-0.4, -0.2) is 28.7 Å². The van der Waals surface area contributed by atoms with Gasteiger partial charge >= 0.3 is 6.09 Å². The first-order valence-corrected chi connectivity index (χ1v) is 8.52. The summed E-state index contributed by atoms with van der Waals surface area (Å²) in [5.74, 6) is -3.05. The van der Waals surface area contributed by atoms with Crippen LogP contribution < -0.4 is 0 Å². The predicted octanol–water partition coefficient (Wildman–Crippen LogP) is 5.05. The van der Waals surface area contributed by atoms with Crippen molar-refractivity contribution < 1.29 is 22.7 Å². The molecule has 2 aliphatic rings. The highest BCUT2D eigenvalue weighted by molar-refractivity contribution is 5.75. The van der Waals surface area contributed by atoms with Crippen molar-refractivity contribution >= 4 is 11.7 Å². The zero-order chi connectivity index (χ0) is 18.4. The van der Waals surface area contributed by atoms with Crippen LogP contribution in [0.3, 0.4) is 0 Å². The van der Waals surface area contributed by atoms with E-state index < -0.39 is 29.1 Å². The summed E-state index contributed by atoms with van der Waals surface area (Å²) in [6.45, 7) is 5.41. The van der Waals surface area contributed by atoms with Crippen molar-refractivity contribution in [3.63, 3.8) is 0 Å². The summed E-state index contributed by atoms with van der Waals surface area (Å²) in [6.07, 6.45) is 4.12. The van der Waals surface area contributed by atoms with E-state index in [2.05, 4.69) is 0 Å². The summed E-state index contributed by atoms with van der Waals surface area (Å²) in [4.78, 5) is 14.2. The van der Waals surface area contributed by atoms with Gasteiger partial charge in [-0.1, -0.05) is 6.08 Å².